The van der Waals surface area contributed by atoms with Crippen LogP contribution in [0.3, 0.4) is 0 Å². The lowest BCUT2D eigenvalue weighted by Crippen LogP contribution is -1.92. The highest BCUT2D eigenvalue weighted by Gasteiger charge is 1.99. The molecule has 0 aliphatic rings. The maximum Gasteiger partial charge on any atom is 0.0346 e. The third-order valence-corrected chi connectivity index (χ3v) is 2.98. The molecule has 13 heavy (non-hydrogen) atoms. The summed E-state index contributed by atoms with van der Waals surface area (Å²) in [6.07, 6.45) is 0. The van der Waals surface area contributed by atoms with Crippen molar-refractivity contribution in [1.29, 1.82) is 0 Å². The van der Waals surface area contributed by atoms with E-state index in [-0.39, 0.29) is 0 Å². The third-order valence-electron chi connectivity index (χ3n) is 1.95. The highest BCUT2D eigenvalue weighted by atomic mass is 32.1. The Morgan fingerprint density at radius 1 is 1.15 bits per heavy atom. The highest BCUT2D eigenvalue weighted by molar-refractivity contribution is 7.13. The molecule has 0 saturated heterocycles. The average Bonchev–Trinajstić information content (AvgIpc) is 2.67. The molecule has 0 bridgehead atoms. The lowest BCUT2D eigenvalue weighted by atomic mass is 10.2. The van der Waals surface area contributed by atoms with E-state index in [0.29, 0.717) is 6.54 Å². The number of benzene rings is 1. The Morgan fingerprint density at radius 3 is 2.54 bits per heavy atom. The molecule has 0 atom stereocenters. The van der Waals surface area contributed by atoms with Crippen LogP contribution in [0.2, 0.25) is 0 Å². The number of rotatable bonds is 2. The van der Waals surface area contributed by atoms with Gasteiger partial charge in [-0.2, -0.15) is 0 Å². The lowest BCUT2D eigenvalue weighted by molar-refractivity contribution is 1.08. The highest BCUT2D eigenvalue weighted by Crippen LogP contribution is 2.26. The van der Waals surface area contributed by atoms with Crippen molar-refractivity contribution in [2.75, 3.05) is 0 Å². The van der Waals surface area contributed by atoms with Crippen LogP contribution in [-0.4, -0.2) is 0 Å². The van der Waals surface area contributed by atoms with Crippen LogP contribution in [0, 0.1) is 0 Å². The van der Waals surface area contributed by atoms with Gasteiger partial charge >= 0.3 is 0 Å². The molecule has 0 fully saturated rings. The minimum atomic E-state index is 0.628. The van der Waals surface area contributed by atoms with E-state index >= 15 is 0 Å². The molecule has 0 radical (unpaired) electrons. The van der Waals surface area contributed by atoms with Crippen LogP contribution < -0.4 is 5.73 Å². The summed E-state index contributed by atoms with van der Waals surface area (Å²) in [6.45, 7) is 0.628. The second-order valence-corrected chi connectivity index (χ2v) is 3.80. The van der Waals surface area contributed by atoms with Crippen LogP contribution in [0.15, 0.2) is 41.8 Å². The Labute approximate surface area is 81.8 Å². The van der Waals surface area contributed by atoms with E-state index in [1.54, 1.807) is 11.3 Å². The molecular weight excluding hydrogens is 178 g/mol. The predicted molar refractivity (Wildman–Crippen MR) is 57.6 cm³/mol. The summed E-state index contributed by atoms with van der Waals surface area (Å²) in [6, 6.07) is 12.5. The molecule has 0 saturated carbocycles. The quantitative estimate of drug-likeness (QED) is 0.772. The van der Waals surface area contributed by atoms with Gasteiger partial charge in [0, 0.05) is 11.4 Å². The van der Waals surface area contributed by atoms with Gasteiger partial charge in [-0.15, -0.1) is 11.3 Å². The van der Waals surface area contributed by atoms with Crippen molar-refractivity contribution in [3.8, 4) is 10.4 Å². The van der Waals surface area contributed by atoms with E-state index in [9.17, 15) is 0 Å². The van der Waals surface area contributed by atoms with Crippen LogP contribution >= 0.6 is 11.3 Å². The molecule has 0 amide bonds. The Bertz CT molecular complexity index is 378. The van der Waals surface area contributed by atoms with Gasteiger partial charge in [0.1, 0.15) is 0 Å². The molecule has 0 unspecified atom stereocenters. The standard InChI is InChI=1S/C11H11NS/c12-7-9-6-11(13-8-9)10-4-2-1-3-5-10/h1-6,8H,7,12H2. The summed E-state index contributed by atoms with van der Waals surface area (Å²) in [5.41, 5.74) is 8.03. The predicted octanol–water partition coefficient (Wildman–Crippen LogP) is 2.87. The zero-order valence-corrected chi connectivity index (χ0v) is 8.05. The van der Waals surface area contributed by atoms with E-state index < -0.39 is 0 Å². The minimum absolute atomic E-state index is 0.628. The summed E-state index contributed by atoms with van der Waals surface area (Å²) in [5.74, 6) is 0. The molecule has 66 valence electrons. The number of thiophene rings is 1. The third kappa shape index (κ3) is 1.79. The van der Waals surface area contributed by atoms with Gasteiger partial charge in [-0.25, -0.2) is 0 Å². The second-order valence-electron chi connectivity index (χ2n) is 2.89. The maximum absolute atomic E-state index is 5.55. The molecule has 1 nitrogen and oxygen atoms in total. The van der Waals surface area contributed by atoms with Crippen LogP contribution in [0.25, 0.3) is 10.4 Å². The van der Waals surface area contributed by atoms with E-state index in [1.165, 1.54) is 16.0 Å². The number of hydrogen-bond donors (Lipinski definition) is 1. The maximum atomic E-state index is 5.55. The first kappa shape index (κ1) is 8.48. The Balaban J connectivity index is 2.36. The van der Waals surface area contributed by atoms with Crippen LogP contribution in [-0.2, 0) is 6.54 Å². The van der Waals surface area contributed by atoms with Crippen LogP contribution in [0.1, 0.15) is 5.56 Å². The topological polar surface area (TPSA) is 26.0 Å². The fraction of sp³-hybridized carbons (Fsp3) is 0.0909. The van der Waals surface area contributed by atoms with E-state index in [4.69, 9.17) is 5.73 Å². The molecule has 1 aromatic carbocycles. The molecule has 0 aliphatic carbocycles. The van der Waals surface area contributed by atoms with Gasteiger partial charge in [0.15, 0.2) is 0 Å². The molecule has 2 aromatic rings. The Hall–Kier alpha value is -1.12. The van der Waals surface area contributed by atoms with Crippen molar-refractivity contribution in [3.63, 3.8) is 0 Å². The van der Waals surface area contributed by atoms with Gasteiger partial charge in [0.05, 0.1) is 0 Å². The van der Waals surface area contributed by atoms with Gasteiger partial charge in [-0.1, -0.05) is 30.3 Å². The first-order chi connectivity index (χ1) is 6.40. The van der Waals surface area contributed by atoms with Gasteiger partial charge < -0.3 is 5.73 Å². The first-order valence-corrected chi connectivity index (χ1v) is 5.11. The average molecular weight is 189 g/mol. The molecule has 0 aliphatic heterocycles. The molecule has 1 aromatic heterocycles. The lowest BCUT2D eigenvalue weighted by Gasteiger charge is -1.94. The molecule has 0 spiro atoms. The fourth-order valence-electron chi connectivity index (χ4n) is 1.24. The van der Waals surface area contributed by atoms with E-state index in [2.05, 4.69) is 35.7 Å². The van der Waals surface area contributed by atoms with Crippen molar-refractivity contribution in [2.24, 2.45) is 5.73 Å². The van der Waals surface area contributed by atoms with Crippen LogP contribution in [0.5, 0.6) is 0 Å². The summed E-state index contributed by atoms with van der Waals surface area (Å²) >= 11 is 1.75. The molecule has 2 rings (SSSR count). The van der Waals surface area contributed by atoms with Crippen molar-refractivity contribution in [1.82, 2.24) is 0 Å². The zero-order valence-electron chi connectivity index (χ0n) is 7.23. The monoisotopic (exact) mass is 189 g/mol. The first-order valence-electron chi connectivity index (χ1n) is 4.23. The second kappa shape index (κ2) is 3.73. The molecule has 2 heteroatoms. The number of nitrogens with two attached hydrogens (primary N) is 1. The molecular formula is C11H11NS. The Morgan fingerprint density at radius 2 is 1.92 bits per heavy atom. The summed E-state index contributed by atoms with van der Waals surface area (Å²) in [4.78, 5) is 1.29. The van der Waals surface area contributed by atoms with Crippen molar-refractivity contribution < 1.29 is 0 Å². The fourth-order valence-corrected chi connectivity index (χ4v) is 2.17. The largest absolute Gasteiger partial charge is 0.326 e. The van der Waals surface area contributed by atoms with E-state index in [1.807, 2.05) is 6.07 Å². The zero-order chi connectivity index (χ0) is 9.10. The van der Waals surface area contributed by atoms with Crippen molar-refractivity contribution in [2.45, 2.75) is 6.54 Å². The van der Waals surface area contributed by atoms with Gasteiger partial charge in [0.2, 0.25) is 0 Å². The van der Waals surface area contributed by atoms with Gasteiger partial charge in [0.25, 0.3) is 0 Å². The van der Waals surface area contributed by atoms with E-state index in [0.717, 1.165) is 0 Å². The van der Waals surface area contributed by atoms with Gasteiger partial charge in [-0.3, -0.25) is 0 Å². The molecule has 2 N–H and O–H groups in total. The summed E-state index contributed by atoms with van der Waals surface area (Å²) < 4.78 is 0. The smallest absolute Gasteiger partial charge is 0.0346 e. The summed E-state index contributed by atoms with van der Waals surface area (Å²) in [5, 5.41) is 2.11. The van der Waals surface area contributed by atoms with Gasteiger partial charge in [-0.05, 0) is 22.6 Å². The minimum Gasteiger partial charge on any atom is -0.326 e. The SMILES string of the molecule is NCc1csc(-c2ccccc2)c1. The van der Waals surface area contributed by atoms with Crippen molar-refractivity contribution in [3.05, 3.63) is 47.3 Å². The van der Waals surface area contributed by atoms with Crippen molar-refractivity contribution >= 4 is 11.3 Å². The van der Waals surface area contributed by atoms with Crippen LogP contribution in [0.4, 0.5) is 0 Å². The molecule has 1 heterocycles. The Kier molecular flexibility index (Phi) is 2.43. The normalized spacial score (nSPS) is 10.2. The number of hydrogen-bond acceptors (Lipinski definition) is 2. The summed E-state index contributed by atoms with van der Waals surface area (Å²) in [7, 11) is 0.